The van der Waals surface area contributed by atoms with Gasteiger partial charge in [0.25, 0.3) is 5.91 Å². The van der Waals surface area contributed by atoms with Crippen LogP contribution in [-0.4, -0.2) is 46.1 Å². The molecule has 0 unspecified atom stereocenters. The van der Waals surface area contributed by atoms with Crippen LogP contribution in [0.5, 0.6) is 0 Å². The Hall–Kier alpha value is -2.91. The summed E-state index contributed by atoms with van der Waals surface area (Å²) >= 11 is 0. The molecule has 2 aromatic heterocycles. The Morgan fingerprint density at radius 2 is 1.87 bits per heavy atom. The SMILES string of the molecule is Cn1cc(S(=O)(=O)N2CCCC2)cc1C(=O)NCc1ccccc1Cn1cccn1. The van der Waals surface area contributed by atoms with Gasteiger partial charge >= 0.3 is 0 Å². The summed E-state index contributed by atoms with van der Waals surface area (Å²) in [4.78, 5) is 12.9. The Balaban J connectivity index is 1.47. The second kappa shape index (κ2) is 8.45. The van der Waals surface area contributed by atoms with E-state index in [1.165, 1.54) is 16.6 Å². The molecule has 4 rings (SSSR count). The molecule has 0 atom stereocenters. The molecule has 1 N–H and O–H groups in total. The van der Waals surface area contributed by atoms with E-state index in [9.17, 15) is 13.2 Å². The summed E-state index contributed by atoms with van der Waals surface area (Å²) in [6.07, 6.45) is 6.87. The number of nitrogens with zero attached hydrogens (tertiary/aromatic N) is 4. The van der Waals surface area contributed by atoms with Crippen molar-refractivity contribution in [2.24, 2.45) is 7.05 Å². The highest BCUT2D eigenvalue weighted by molar-refractivity contribution is 7.89. The summed E-state index contributed by atoms with van der Waals surface area (Å²) in [6, 6.07) is 11.2. The van der Waals surface area contributed by atoms with Crippen LogP contribution in [0.2, 0.25) is 0 Å². The minimum absolute atomic E-state index is 0.163. The van der Waals surface area contributed by atoms with E-state index in [2.05, 4.69) is 10.4 Å². The highest BCUT2D eigenvalue weighted by Gasteiger charge is 2.29. The van der Waals surface area contributed by atoms with E-state index in [0.717, 1.165) is 24.0 Å². The van der Waals surface area contributed by atoms with Crippen LogP contribution in [0.4, 0.5) is 0 Å². The number of hydrogen-bond donors (Lipinski definition) is 1. The largest absolute Gasteiger partial charge is 0.347 e. The maximum absolute atomic E-state index is 12.8. The van der Waals surface area contributed by atoms with E-state index in [-0.39, 0.29) is 10.8 Å². The summed E-state index contributed by atoms with van der Waals surface area (Å²) in [5.74, 6) is -0.311. The lowest BCUT2D eigenvalue weighted by Gasteiger charge is -2.13. The average molecular weight is 428 g/mol. The number of amides is 1. The van der Waals surface area contributed by atoms with Gasteiger partial charge in [0.1, 0.15) is 10.6 Å². The van der Waals surface area contributed by atoms with E-state index < -0.39 is 10.0 Å². The van der Waals surface area contributed by atoms with E-state index in [1.54, 1.807) is 17.8 Å². The van der Waals surface area contributed by atoms with Gasteiger partial charge in [-0.15, -0.1) is 0 Å². The van der Waals surface area contributed by atoms with Gasteiger partial charge in [0.15, 0.2) is 0 Å². The molecule has 1 fully saturated rings. The number of aryl methyl sites for hydroxylation is 1. The smallest absolute Gasteiger partial charge is 0.268 e. The second-order valence-corrected chi connectivity index (χ2v) is 9.38. The standard InChI is InChI=1S/C21H25N5O3S/c1-24-16-19(30(28,29)26-11-4-5-12-26)13-20(24)21(27)22-14-17-7-2-3-8-18(17)15-25-10-6-9-23-25/h2-3,6-10,13,16H,4-5,11-12,14-15H2,1H3,(H,22,27). The third kappa shape index (κ3) is 4.17. The molecule has 1 aromatic carbocycles. The van der Waals surface area contributed by atoms with Crippen LogP contribution in [-0.2, 0) is 30.2 Å². The highest BCUT2D eigenvalue weighted by atomic mass is 32.2. The quantitative estimate of drug-likeness (QED) is 0.624. The molecule has 0 aliphatic carbocycles. The number of hydrogen-bond acceptors (Lipinski definition) is 4. The summed E-state index contributed by atoms with van der Waals surface area (Å²) in [5, 5.41) is 7.14. The highest BCUT2D eigenvalue weighted by Crippen LogP contribution is 2.22. The molecule has 9 heteroatoms. The van der Waals surface area contributed by atoms with Crippen molar-refractivity contribution in [1.29, 1.82) is 0 Å². The first kappa shape index (κ1) is 20.4. The van der Waals surface area contributed by atoms with Crippen LogP contribution < -0.4 is 5.32 Å². The number of sulfonamides is 1. The van der Waals surface area contributed by atoms with E-state index in [1.807, 2.05) is 41.2 Å². The summed E-state index contributed by atoms with van der Waals surface area (Å²) < 4.78 is 30.4. The van der Waals surface area contributed by atoms with Gasteiger partial charge in [0.05, 0.1) is 6.54 Å². The summed E-state index contributed by atoms with van der Waals surface area (Å²) in [7, 11) is -1.87. The predicted molar refractivity (Wildman–Crippen MR) is 112 cm³/mol. The van der Waals surface area contributed by atoms with Gasteiger partial charge in [-0.2, -0.15) is 9.40 Å². The summed E-state index contributed by atoms with van der Waals surface area (Å²) in [5.41, 5.74) is 2.36. The Bertz CT molecular complexity index is 1130. The first-order valence-electron chi connectivity index (χ1n) is 9.94. The van der Waals surface area contributed by atoms with E-state index in [4.69, 9.17) is 0 Å². The average Bonchev–Trinajstić information content (AvgIpc) is 3.49. The van der Waals surface area contributed by atoms with Crippen molar-refractivity contribution in [3.8, 4) is 0 Å². The maximum Gasteiger partial charge on any atom is 0.268 e. The molecule has 8 nitrogen and oxygen atoms in total. The zero-order valence-electron chi connectivity index (χ0n) is 16.9. The molecule has 0 bridgehead atoms. The molecule has 3 heterocycles. The molecular weight excluding hydrogens is 402 g/mol. The van der Waals surface area contributed by atoms with Crippen LogP contribution in [0, 0.1) is 0 Å². The Labute approximate surface area is 176 Å². The first-order chi connectivity index (χ1) is 14.4. The lowest BCUT2D eigenvalue weighted by molar-refractivity contribution is 0.0942. The van der Waals surface area contributed by atoms with E-state index in [0.29, 0.717) is 31.9 Å². The molecule has 0 saturated carbocycles. The Morgan fingerprint density at radius 1 is 1.13 bits per heavy atom. The number of nitrogens with one attached hydrogen (secondary N) is 1. The maximum atomic E-state index is 12.8. The molecule has 30 heavy (non-hydrogen) atoms. The van der Waals surface area contributed by atoms with Gasteiger partial charge in [-0.25, -0.2) is 8.42 Å². The van der Waals surface area contributed by atoms with Crippen molar-refractivity contribution in [2.75, 3.05) is 13.1 Å². The molecule has 1 saturated heterocycles. The predicted octanol–water partition coefficient (Wildman–Crippen LogP) is 1.98. The van der Waals surface area contributed by atoms with Crippen LogP contribution in [0.25, 0.3) is 0 Å². The second-order valence-electron chi connectivity index (χ2n) is 7.44. The van der Waals surface area contributed by atoms with Crippen molar-refractivity contribution >= 4 is 15.9 Å². The van der Waals surface area contributed by atoms with Crippen molar-refractivity contribution in [3.63, 3.8) is 0 Å². The number of rotatable bonds is 7. The van der Waals surface area contributed by atoms with Gasteiger partial charge < -0.3 is 9.88 Å². The zero-order valence-corrected chi connectivity index (χ0v) is 17.7. The number of aromatic nitrogens is 3. The lowest BCUT2D eigenvalue weighted by Crippen LogP contribution is -2.27. The van der Waals surface area contributed by atoms with Gasteiger partial charge in [-0.05, 0) is 36.1 Å². The molecule has 0 radical (unpaired) electrons. The Kier molecular flexibility index (Phi) is 5.74. The topological polar surface area (TPSA) is 89.2 Å². The normalized spacial score (nSPS) is 14.8. The minimum atomic E-state index is -3.55. The Morgan fingerprint density at radius 3 is 2.57 bits per heavy atom. The van der Waals surface area contributed by atoms with Crippen LogP contribution in [0.3, 0.4) is 0 Å². The first-order valence-corrected chi connectivity index (χ1v) is 11.4. The lowest BCUT2D eigenvalue weighted by atomic mass is 10.1. The van der Waals surface area contributed by atoms with Crippen LogP contribution in [0.15, 0.2) is 59.9 Å². The third-order valence-electron chi connectivity index (χ3n) is 5.36. The van der Waals surface area contributed by atoms with E-state index >= 15 is 0 Å². The van der Waals surface area contributed by atoms with Crippen molar-refractivity contribution < 1.29 is 13.2 Å². The molecule has 1 aliphatic rings. The number of carbonyl (C=O) groups excluding carboxylic acids is 1. The summed E-state index contributed by atoms with van der Waals surface area (Å²) in [6.45, 7) is 2.02. The van der Waals surface area contributed by atoms with Gasteiger partial charge in [-0.3, -0.25) is 9.48 Å². The third-order valence-corrected chi connectivity index (χ3v) is 7.23. The fourth-order valence-corrected chi connectivity index (χ4v) is 5.29. The number of carbonyl (C=O) groups is 1. The molecular formula is C21H25N5O3S. The molecule has 0 spiro atoms. The van der Waals surface area contributed by atoms with Gasteiger partial charge in [0, 0.05) is 45.3 Å². The van der Waals surface area contributed by atoms with Crippen molar-refractivity contribution in [3.05, 3.63) is 71.8 Å². The van der Waals surface area contributed by atoms with Crippen molar-refractivity contribution in [2.45, 2.75) is 30.8 Å². The van der Waals surface area contributed by atoms with Crippen molar-refractivity contribution in [1.82, 2.24) is 24.0 Å². The molecule has 1 aliphatic heterocycles. The number of benzene rings is 1. The minimum Gasteiger partial charge on any atom is -0.347 e. The molecule has 1 amide bonds. The fraction of sp³-hybridized carbons (Fsp3) is 0.333. The molecule has 3 aromatic rings. The van der Waals surface area contributed by atoms with Crippen LogP contribution in [0.1, 0.15) is 34.5 Å². The monoisotopic (exact) mass is 427 g/mol. The molecule has 158 valence electrons. The van der Waals surface area contributed by atoms with Gasteiger partial charge in [-0.1, -0.05) is 24.3 Å². The zero-order chi connectivity index (χ0) is 21.1. The fourth-order valence-electron chi connectivity index (χ4n) is 3.70. The van der Waals surface area contributed by atoms with Gasteiger partial charge in [0.2, 0.25) is 10.0 Å². The van der Waals surface area contributed by atoms with Crippen LogP contribution >= 0.6 is 0 Å².